The van der Waals surface area contributed by atoms with E-state index in [4.69, 9.17) is 0 Å². The Morgan fingerprint density at radius 3 is 2.78 bits per heavy atom. The summed E-state index contributed by atoms with van der Waals surface area (Å²) >= 11 is 0. The van der Waals surface area contributed by atoms with Crippen LogP contribution in [0.1, 0.15) is 24.0 Å². The zero-order chi connectivity index (χ0) is 17.0. The lowest BCUT2D eigenvalue weighted by Crippen LogP contribution is -2.32. The van der Waals surface area contributed by atoms with Gasteiger partial charge in [0, 0.05) is 38.8 Å². The Balaban J connectivity index is 1.93. The van der Waals surface area contributed by atoms with Gasteiger partial charge in [0.1, 0.15) is 11.7 Å². The Kier molecular flexibility index (Phi) is 4.86. The first kappa shape index (κ1) is 16.8. The van der Waals surface area contributed by atoms with Crippen LogP contribution in [0.5, 0.6) is 0 Å². The fourth-order valence-electron chi connectivity index (χ4n) is 2.01. The van der Waals surface area contributed by atoms with Gasteiger partial charge in [0.05, 0.1) is 0 Å². The molecular weight excluding hydrogens is 319 g/mol. The lowest BCUT2D eigenvalue weighted by atomic mass is 10.0. The molecule has 11 heteroatoms. The molecule has 8 nitrogen and oxygen atoms in total. The molecule has 1 amide bonds. The van der Waals surface area contributed by atoms with Gasteiger partial charge in [-0.1, -0.05) is 5.16 Å². The molecule has 2 aromatic heterocycles. The van der Waals surface area contributed by atoms with Crippen molar-refractivity contribution in [1.82, 2.24) is 25.0 Å². The maximum atomic E-state index is 13.1. The molecule has 2 N–H and O–H groups in total. The summed E-state index contributed by atoms with van der Waals surface area (Å²) in [5.74, 6) is -3.53. The van der Waals surface area contributed by atoms with E-state index < -0.39 is 30.2 Å². The fraction of sp³-hybridized carbons (Fsp3) is 0.500. The predicted octanol–water partition coefficient (Wildman–Crippen LogP) is 0.491. The molecule has 0 spiro atoms. The lowest BCUT2D eigenvalue weighted by molar-refractivity contribution is -0.159. The number of aromatic nitrogens is 4. The number of hydrogen-bond acceptors (Lipinski definition) is 5. The van der Waals surface area contributed by atoms with E-state index in [-0.39, 0.29) is 24.6 Å². The van der Waals surface area contributed by atoms with Gasteiger partial charge in [-0.15, -0.1) is 0 Å². The fourth-order valence-corrected chi connectivity index (χ4v) is 2.01. The SMILES string of the molecule is Cn1ccnc1C(CC(=O)NCCc1noc(=O)[nH]1)C(F)(F)F. The van der Waals surface area contributed by atoms with Gasteiger partial charge < -0.3 is 9.88 Å². The number of aromatic amines is 1. The number of amides is 1. The van der Waals surface area contributed by atoms with Crippen molar-refractivity contribution in [1.29, 1.82) is 0 Å². The molecule has 126 valence electrons. The number of carbonyl (C=O) groups is 1. The number of hydrogen-bond donors (Lipinski definition) is 2. The number of imidazole rings is 1. The molecule has 0 radical (unpaired) electrons. The van der Waals surface area contributed by atoms with Crippen LogP contribution >= 0.6 is 0 Å². The predicted molar refractivity (Wildman–Crippen MR) is 70.5 cm³/mol. The molecule has 2 aromatic rings. The molecule has 0 aliphatic heterocycles. The summed E-state index contributed by atoms with van der Waals surface area (Å²) in [6.07, 6.45) is -2.60. The summed E-state index contributed by atoms with van der Waals surface area (Å²) in [7, 11) is 1.43. The van der Waals surface area contributed by atoms with Crippen LogP contribution < -0.4 is 11.1 Å². The van der Waals surface area contributed by atoms with Gasteiger partial charge in [-0.3, -0.25) is 14.3 Å². The highest BCUT2D eigenvalue weighted by atomic mass is 19.4. The van der Waals surface area contributed by atoms with Crippen LogP contribution in [0.3, 0.4) is 0 Å². The van der Waals surface area contributed by atoms with Gasteiger partial charge in [-0.05, 0) is 0 Å². The number of rotatable bonds is 6. The van der Waals surface area contributed by atoms with Gasteiger partial charge in [-0.2, -0.15) is 13.2 Å². The van der Waals surface area contributed by atoms with E-state index in [0.717, 1.165) is 0 Å². The zero-order valence-corrected chi connectivity index (χ0v) is 12.1. The quantitative estimate of drug-likeness (QED) is 0.800. The van der Waals surface area contributed by atoms with Crippen molar-refractivity contribution in [3.63, 3.8) is 0 Å². The Morgan fingerprint density at radius 2 is 2.26 bits per heavy atom. The van der Waals surface area contributed by atoms with E-state index in [0.29, 0.717) is 0 Å². The molecule has 0 aliphatic rings. The van der Waals surface area contributed by atoms with E-state index in [9.17, 15) is 22.8 Å². The third-order valence-electron chi connectivity index (χ3n) is 3.12. The molecule has 0 fully saturated rings. The van der Waals surface area contributed by atoms with Gasteiger partial charge >= 0.3 is 11.9 Å². The summed E-state index contributed by atoms with van der Waals surface area (Å²) in [5.41, 5.74) is 0. The summed E-state index contributed by atoms with van der Waals surface area (Å²) in [6, 6.07) is 0. The normalized spacial score (nSPS) is 13.0. The van der Waals surface area contributed by atoms with E-state index in [1.807, 2.05) is 0 Å². The van der Waals surface area contributed by atoms with Gasteiger partial charge in [-0.25, -0.2) is 9.78 Å². The number of alkyl halides is 3. The molecule has 1 atom stereocenters. The zero-order valence-electron chi connectivity index (χ0n) is 12.1. The average Bonchev–Trinajstić information content (AvgIpc) is 3.04. The van der Waals surface area contributed by atoms with Crippen molar-refractivity contribution >= 4 is 5.91 Å². The summed E-state index contributed by atoms with van der Waals surface area (Å²) in [5, 5.41) is 5.72. The van der Waals surface area contributed by atoms with Gasteiger partial charge in [0.15, 0.2) is 5.82 Å². The largest absolute Gasteiger partial charge is 0.438 e. The minimum Gasteiger partial charge on any atom is -0.356 e. The van der Waals surface area contributed by atoms with Gasteiger partial charge in [0.2, 0.25) is 5.91 Å². The number of nitrogens with zero attached hydrogens (tertiary/aromatic N) is 3. The highest BCUT2D eigenvalue weighted by molar-refractivity contribution is 5.76. The molecule has 0 bridgehead atoms. The maximum Gasteiger partial charge on any atom is 0.438 e. The van der Waals surface area contributed by atoms with Crippen molar-refractivity contribution in [2.24, 2.45) is 7.05 Å². The molecule has 2 heterocycles. The molecule has 0 saturated carbocycles. The second-order valence-electron chi connectivity index (χ2n) is 4.84. The van der Waals surface area contributed by atoms with E-state index in [1.54, 1.807) is 0 Å². The highest BCUT2D eigenvalue weighted by Gasteiger charge is 2.44. The van der Waals surface area contributed by atoms with Crippen molar-refractivity contribution in [2.75, 3.05) is 6.54 Å². The molecule has 0 aliphatic carbocycles. The topological polar surface area (TPSA) is 106 Å². The van der Waals surface area contributed by atoms with Gasteiger partial charge in [0.25, 0.3) is 0 Å². The third kappa shape index (κ3) is 4.44. The Bertz CT molecular complexity index is 718. The standard InChI is InChI=1S/C12H14F3N5O3/c1-20-5-4-17-10(20)7(12(13,14)15)6-9(21)16-3-2-8-18-11(22)23-19-8/h4-5,7H,2-3,6H2,1H3,(H,16,21)(H,18,19,22). The first-order chi connectivity index (χ1) is 10.8. The number of H-pyrrole nitrogens is 1. The lowest BCUT2D eigenvalue weighted by Gasteiger charge is -2.19. The minimum atomic E-state index is -4.59. The van der Waals surface area contributed by atoms with E-state index >= 15 is 0 Å². The monoisotopic (exact) mass is 333 g/mol. The molecule has 0 aromatic carbocycles. The summed E-state index contributed by atoms with van der Waals surface area (Å²) in [6.45, 7) is 0.0203. The van der Waals surface area contributed by atoms with Crippen LogP contribution in [-0.4, -0.2) is 38.3 Å². The number of aryl methyl sites for hydroxylation is 1. The second kappa shape index (κ2) is 6.67. The van der Waals surface area contributed by atoms with E-state index in [2.05, 4.69) is 25.0 Å². The van der Waals surface area contributed by atoms with Crippen molar-refractivity contribution < 1.29 is 22.5 Å². The van der Waals surface area contributed by atoms with Crippen LogP contribution in [-0.2, 0) is 18.3 Å². The van der Waals surface area contributed by atoms with Crippen LogP contribution in [0.15, 0.2) is 21.7 Å². The summed E-state index contributed by atoms with van der Waals surface area (Å²) in [4.78, 5) is 28.4. The first-order valence-corrected chi connectivity index (χ1v) is 6.63. The highest BCUT2D eigenvalue weighted by Crippen LogP contribution is 2.36. The molecule has 2 rings (SSSR count). The molecule has 23 heavy (non-hydrogen) atoms. The Labute approximate surface area is 127 Å². The molecule has 0 saturated heterocycles. The van der Waals surface area contributed by atoms with Crippen LogP contribution in [0.2, 0.25) is 0 Å². The molecule has 1 unspecified atom stereocenters. The average molecular weight is 333 g/mol. The van der Waals surface area contributed by atoms with Crippen LogP contribution in [0.25, 0.3) is 0 Å². The van der Waals surface area contributed by atoms with Crippen molar-refractivity contribution in [3.8, 4) is 0 Å². The maximum absolute atomic E-state index is 13.1. The number of halogens is 3. The van der Waals surface area contributed by atoms with Crippen molar-refractivity contribution in [3.05, 3.63) is 34.6 Å². The third-order valence-corrected chi connectivity index (χ3v) is 3.12. The Morgan fingerprint density at radius 1 is 1.52 bits per heavy atom. The first-order valence-electron chi connectivity index (χ1n) is 6.63. The van der Waals surface area contributed by atoms with Crippen molar-refractivity contribution in [2.45, 2.75) is 24.9 Å². The molecular formula is C12H14F3N5O3. The Hall–Kier alpha value is -2.59. The summed E-state index contributed by atoms with van der Waals surface area (Å²) < 4.78 is 44.8. The second-order valence-corrected chi connectivity index (χ2v) is 4.84. The number of carbonyl (C=O) groups excluding carboxylic acids is 1. The smallest absolute Gasteiger partial charge is 0.356 e. The van der Waals surface area contributed by atoms with Crippen LogP contribution in [0.4, 0.5) is 13.2 Å². The minimum absolute atomic E-state index is 0.0203. The number of nitrogens with one attached hydrogen (secondary N) is 2. The van der Waals surface area contributed by atoms with E-state index in [1.165, 1.54) is 24.0 Å². The van der Waals surface area contributed by atoms with Crippen LogP contribution in [0, 0.1) is 0 Å².